The van der Waals surface area contributed by atoms with Gasteiger partial charge in [0.2, 0.25) is 0 Å². The number of carbonyl (C=O) groups excluding carboxylic acids is 1. The van der Waals surface area contributed by atoms with Crippen molar-refractivity contribution < 1.29 is 9.53 Å². The SMILES string of the molecule is CCOc1ccc(NC(=O)c2ccc(Nc3ccccc3C#N)nn2)cc1. The number of carbonyl (C=O) groups is 1. The Morgan fingerprint density at radius 3 is 2.52 bits per heavy atom. The lowest BCUT2D eigenvalue weighted by Crippen LogP contribution is -2.14. The molecular weight excluding hydrogens is 342 g/mol. The Balaban J connectivity index is 1.66. The summed E-state index contributed by atoms with van der Waals surface area (Å²) in [5.41, 5.74) is 1.94. The first-order chi connectivity index (χ1) is 13.2. The van der Waals surface area contributed by atoms with E-state index in [1.54, 1.807) is 54.6 Å². The molecule has 0 saturated carbocycles. The van der Waals surface area contributed by atoms with Gasteiger partial charge in [-0.15, -0.1) is 10.2 Å². The van der Waals surface area contributed by atoms with Gasteiger partial charge in [0.05, 0.1) is 17.9 Å². The predicted octanol–water partition coefficient (Wildman–Crippen LogP) is 3.74. The molecule has 27 heavy (non-hydrogen) atoms. The van der Waals surface area contributed by atoms with Gasteiger partial charge in [-0.25, -0.2) is 0 Å². The maximum Gasteiger partial charge on any atom is 0.276 e. The molecule has 2 N–H and O–H groups in total. The van der Waals surface area contributed by atoms with Crippen LogP contribution < -0.4 is 15.4 Å². The smallest absolute Gasteiger partial charge is 0.276 e. The average molecular weight is 359 g/mol. The molecule has 0 saturated heterocycles. The third kappa shape index (κ3) is 4.58. The number of hydrogen-bond acceptors (Lipinski definition) is 6. The molecule has 0 fully saturated rings. The molecule has 7 nitrogen and oxygen atoms in total. The highest BCUT2D eigenvalue weighted by Crippen LogP contribution is 2.19. The first-order valence-corrected chi connectivity index (χ1v) is 8.33. The zero-order chi connectivity index (χ0) is 19.1. The zero-order valence-electron chi connectivity index (χ0n) is 14.6. The van der Waals surface area contributed by atoms with Crippen molar-refractivity contribution in [3.63, 3.8) is 0 Å². The minimum Gasteiger partial charge on any atom is -0.494 e. The predicted molar refractivity (Wildman–Crippen MR) is 102 cm³/mol. The summed E-state index contributed by atoms with van der Waals surface area (Å²) < 4.78 is 5.37. The molecule has 3 rings (SSSR count). The summed E-state index contributed by atoms with van der Waals surface area (Å²) in [5, 5.41) is 22.8. The number of para-hydroxylation sites is 1. The van der Waals surface area contributed by atoms with E-state index in [-0.39, 0.29) is 11.6 Å². The van der Waals surface area contributed by atoms with Gasteiger partial charge in [-0.1, -0.05) is 12.1 Å². The lowest BCUT2D eigenvalue weighted by molar-refractivity contribution is 0.102. The van der Waals surface area contributed by atoms with E-state index in [2.05, 4.69) is 26.9 Å². The van der Waals surface area contributed by atoms with Crippen molar-refractivity contribution in [1.82, 2.24) is 10.2 Å². The quantitative estimate of drug-likeness (QED) is 0.695. The first kappa shape index (κ1) is 17.9. The van der Waals surface area contributed by atoms with E-state index in [0.717, 1.165) is 5.75 Å². The molecule has 0 aliphatic heterocycles. The number of benzene rings is 2. The minimum atomic E-state index is -0.365. The fraction of sp³-hybridized carbons (Fsp3) is 0.100. The lowest BCUT2D eigenvalue weighted by atomic mass is 10.2. The highest BCUT2D eigenvalue weighted by atomic mass is 16.5. The third-order valence-electron chi connectivity index (χ3n) is 3.63. The summed E-state index contributed by atoms with van der Waals surface area (Å²) in [4.78, 5) is 12.3. The van der Waals surface area contributed by atoms with E-state index in [1.807, 2.05) is 13.0 Å². The van der Waals surface area contributed by atoms with Crippen LogP contribution in [-0.2, 0) is 0 Å². The Hall–Kier alpha value is -3.92. The molecule has 0 aliphatic carbocycles. The molecule has 1 aromatic heterocycles. The second kappa shape index (κ2) is 8.45. The van der Waals surface area contributed by atoms with Gasteiger partial charge in [-0.05, 0) is 55.5 Å². The molecule has 0 radical (unpaired) electrons. The van der Waals surface area contributed by atoms with E-state index >= 15 is 0 Å². The van der Waals surface area contributed by atoms with Gasteiger partial charge in [0.15, 0.2) is 11.5 Å². The summed E-state index contributed by atoms with van der Waals surface area (Å²) in [6.45, 7) is 2.49. The number of nitriles is 1. The van der Waals surface area contributed by atoms with Gasteiger partial charge in [-0.2, -0.15) is 5.26 Å². The Morgan fingerprint density at radius 2 is 1.85 bits per heavy atom. The van der Waals surface area contributed by atoms with Crippen LogP contribution in [0.15, 0.2) is 60.7 Å². The third-order valence-corrected chi connectivity index (χ3v) is 3.63. The van der Waals surface area contributed by atoms with Gasteiger partial charge in [-0.3, -0.25) is 4.79 Å². The molecular formula is C20H17N5O2. The number of nitrogens with zero attached hydrogens (tertiary/aromatic N) is 3. The van der Waals surface area contributed by atoms with Crippen molar-refractivity contribution in [2.75, 3.05) is 17.2 Å². The summed E-state index contributed by atoms with van der Waals surface area (Å²) in [5.74, 6) is 0.814. The van der Waals surface area contributed by atoms with Gasteiger partial charge in [0, 0.05) is 5.69 Å². The molecule has 134 valence electrons. The lowest BCUT2D eigenvalue weighted by Gasteiger charge is -2.08. The number of rotatable bonds is 6. The van der Waals surface area contributed by atoms with Crippen LogP contribution in [0.1, 0.15) is 23.0 Å². The Bertz CT molecular complexity index is 963. The van der Waals surface area contributed by atoms with E-state index in [0.29, 0.717) is 29.4 Å². The fourth-order valence-electron chi connectivity index (χ4n) is 2.34. The molecule has 7 heteroatoms. The minimum absolute atomic E-state index is 0.183. The molecule has 0 atom stereocenters. The van der Waals surface area contributed by atoms with Crippen molar-refractivity contribution >= 4 is 23.1 Å². The first-order valence-electron chi connectivity index (χ1n) is 8.33. The van der Waals surface area contributed by atoms with E-state index < -0.39 is 0 Å². The van der Waals surface area contributed by atoms with Gasteiger partial charge >= 0.3 is 0 Å². The highest BCUT2D eigenvalue weighted by Gasteiger charge is 2.10. The van der Waals surface area contributed by atoms with Crippen LogP contribution in [-0.4, -0.2) is 22.7 Å². The molecule has 0 bridgehead atoms. The van der Waals surface area contributed by atoms with Crippen LogP contribution in [0.4, 0.5) is 17.2 Å². The van der Waals surface area contributed by atoms with E-state index in [4.69, 9.17) is 10.00 Å². The topological polar surface area (TPSA) is 99.9 Å². The van der Waals surface area contributed by atoms with Crippen molar-refractivity contribution in [3.8, 4) is 11.8 Å². The van der Waals surface area contributed by atoms with Gasteiger partial charge < -0.3 is 15.4 Å². The molecule has 1 heterocycles. The van der Waals surface area contributed by atoms with Crippen LogP contribution in [0, 0.1) is 11.3 Å². The highest BCUT2D eigenvalue weighted by molar-refractivity contribution is 6.02. The maximum absolute atomic E-state index is 12.3. The Labute approximate surface area is 156 Å². The number of ether oxygens (including phenoxy) is 1. The summed E-state index contributed by atoms with van der Waals surface area (Å²) in [6, 6.07) is 19.4. The monoisotopic (exact) mass is 359 g/mol. The standard InChI is InChI=1S/C20H17N5O2/c1-2-27-16-9-7-15(8-10-16)22-20(26)18-11-12-19(25-24-18)23-17-6-4-3-5-14(17)13-21/h3-12H,2H2,1H3,(H,22,26)(H,23,25). The number of amides is 1. The van der Waals surface area contributed by atoms with Crippen molar-refractivity contribution in [3.05, 3.63) is 71.9 Å². The van der Waals surface area contributed by atoms with Crippen LogP contribution in [0.25, 0.3) is 0 Å². The molecule has 3 aromatic rings. The second-order valence-electron chi connectivity index (χ2n) is 5.50. The summed E-state index contributed by atoms with van der Waals surface area (Å²) in [7, 11) is 0. The second-order valence-corrected chi connectivity index (χ2v) is 5.50. The number of nitrogens with one attached hydrogen (secondary N) is 2. The van der Waals surface area contributed by atoms with Crippen molar-refractivity contribution in [2.45, 2.75) is 6.92 Å². The van der Waals surface area contributed by atoms with Crippen LogP contribution in [0.5, 0.6) is 5.75 Å². The number of anilines is 3. The number of aromatic nitrogens is 2. The van der Waals surface area contributed by atoms with Crippen LogP contribution >= 0.6 is 0 Å². The van der Waals surface area contributed by atoms with Crippen LogP contribution in [0.3, 0.4) is 0 Å². The molecule has 0 unspecified atom stereocenters. The summed E-state index contributed by atoms with van der Waals surface area (Å²) >= 11 is 0. The van der Waals surface area contributed by atoms with Gasteiger partial charge in [0.25, 0.3) is 5.91 Å². The average Bonchev–Trinajstić information content (AvgIpc) is 2.70. The normalized spacial score (nSPS) is 9.93. The molecule has 0 spiro atoms. The van der Waals surface area contributed by atoms with E-state index in [9.17, 15) is 4.79 Å². The zero-order valence-corrected chi connectivity index (χ0v) is 14.6. The fourth-order valence-corrected chi connectivity index (χ4v) is 2.34. The van der Waals surface area contributed by atoms with Crippen molar-refractivity contribution in [2.24, 2.45) is 0 Å². The molecule has 1 amide bonds. The molecule has 0 aliphatic rings. The van der Waals surface area contributed by atoms with Crippen LogP contribution in [0.2, 0.25) is 0 Å². The Morgan fingerprint density at radius 1 is 1.07 bits per heavy atom. The van der Waals surface area contributed by atoms with Gasteiger partial charge in [0.1, 0.15) is 11.8 Å². The maximum atomic E-state index is 12.3. The number of hydrogen-bond donors (Lipinski definition) is 2. The van der Waals surface area contributed by atoms with Crippen molar-refractivity contribution in [1.29, 1.82) is 5.26 Å². The largest absolute Gasteiger partial charge is 0.494 e. The van der Waals surface area contributed by atoms with E-state index in [1.165, 1.54) is 0 Å². The Kier molecular flexibility index (Phi) is 5.60. The summed E-state index contributed by atoms with van der Waals surface area (Å²) in [6.07, 6.45) is 0. The molecule has 2 aromatic carbocycles.